The standard InChI is InChI=1S/C12H14N2O/c1-4-15-12-10-8(2)5-6-9(3)11(10)13-7-14-12/h5-7H,4H2,1-3H3. The van der Waals surface area contributed by atoms with Gasteiger partial charge in [-0.3, -0.25) is 0 Å². The third kappa shape index (κ3) is 1.65. The molecule has 0 N–H and O–H groups in total. The Morgan fingerprint density at radius 1 is 1.13 bits per heavy atom. The lowest BCUT2D eigenvalue weighted by Crippen LogP contribution is -1.98. The number of rotatable bonds is 2. The number of aromatic nitrogens is 2. The summed E-state index contributed by atoms with van der Waals surface area (Å²) in [6, 6.07) is 4.14. The van der Waals surface area contributed by atoms with Crippen molar-refractivity contribution in [1.82, 2.24) is 9.97 Å². The SMILES string of the molecule is CCOc1ncnc2c(C)ccc(C)c12. The van der Waals surface area contributed by atoms with E-state index in [-0.39, 0.29) is 0 Å². The Kier molecular flexibility index (Phi) is 2.54. The lowest BCUT2D eigenvalue weighted by molar-refractivity contribution is 0.330. The lowest BCUT2D eigenvalue weighted by atomic mass is 10.1. The predicted molar refractivity (Wildman–Crippen MR) is 60.2 cm³/mol. The van der Waals surface area contributed by atoms with Crippen molar-refractivity contribution in [2.75, 3.05) is 6.61 Å². The van der Waals surface area contributed by atoms with Gasteiger partial charge in [0.15, 0.2) is 0 Å². The number of ether oxygens (including phenoxy) is 1. The van der Waals surface area contributed by atoms with E-state index in [0.29, 0.717) is 12.5 Å². The zero-order chi connectivity index (χ0) is 10.8. The maximum atomic E-state index is 5.50. The van der Waals surface area contributed by atoms with Crippen LogP contribution in [-0.4, -0.2) is 16.6 Å². The van der Waals surface area contributed by atoms with Gasteiger partial charge in [0.05, 0.1) is 17.5 Å². The molecule has 15 heavy (non-hydrogen) atoms. The predicted octanol–water partition coefficient (Wildman–Crippen LogP) is 2.65. The third-order valence-electron chi connectivity index (χ3n) is 2.44. The number of hydrogen-bond acceptors (Lipinski definition) is 3. The molecule has 0 aliphatic carbocycles. The second-order valence-electron chi connectivity index (χ2n) is 3.53. The highest BCUT2D eigenvalue weighted by atomic mass is 16.5. The summed E-state index contributed by atoms with van der Waals surface area (Å²) in [6.07, 6.45) is 1.56. The number of hydrogen-bond donors (Lipinski definition) is 0. The molecular formula is C12H14N2O. The number of benzene rings is 1. The second kappa shape index (κ2) is 3.85. The van der Waals surface area contributed by atoms with Crippen molar-refractivity contribution in [2.45, 2.75) is 20.8 Å². The highest BCUT2D eigenvalue weighted by Gasteiger charge is 2.08. The first-order valence-electron chi connectivity index (χ1n) is 5.07. The normalized spacial score (nSPS) is 10.6. The average Bonchev–Trinajstić information content (AvgIpc) is 2.24. The van der Waals surface area contributed by atoms with Gasteiger partial charge in [0.25, 0.3) is 0 Å². The molecule has 78 valence electrons. The van der Waals surface area contributed by atoms with Gasteiger partial charge in [-0.1, -0.05) is 12.1 Å². The molecule has 2 rings (SSSR count). The number of aryl methyl sites for hydroxylation is 2. The highest BCUT2D eigenvalue weighted by Crippen LogP contribution is 2.26. The summed E-state index contributed by atoms with van der Waals surface area (Å²) in [7, 11) is 0. The van der Waals surface area contributed by atoms with Gasteiger partial charge in [0.2, 0.25) is 5.88 Å². The van der Waals surface area contributed by atoms with Gasteiger partial charge in [-0.2, -0.15) is 0 Å². The summed E-state index contributed by atoms with van der Waals surface area (Å²) in [5.41, 5.74) is 3.28. The molecule has 1 aromatic carbocycles. The van der Waals surface area contributed by atoms with Crippen LogP contribution in [0, 0.1) is 13.8 Å². The van der Waals surface area contributed by atoms with Gasteiger partial charge >= 0.3 is 0 Å². The molecule has 0 aliphatic rings. The lowest BCUT2D eigenvalue weighted by Gasteiger charge is -2.09. The minimum absolute atomic E-state index is 0.624. The fourth-order valence-corrected chi connectivity index (χ4v) is 1.68. The molecule has 0 saturated carbocycles. The maximum absolute atomic E-state index is 5.50. The molecule has 0 fully saturated rings. The molecule has 1 aromatic heterocycles. The molecule has 1 heterocycles. The smallest absolute Gasteiger partial charge is 0.224 e. The van der Waals surface area contributed by atoms with Crippen molar-refractivity contribution in [3.05, 3.63) is 29.6 Å². The largest absolute Gasteiger partial charge is 0.477 e. The molecule has 0 unspecified atom stereocenters. The fourth-order valence-electron chi connectivity index (χ4n) is 1.68. The van der Waals surface area contributed by atoms with Gasteiger partial charge in [0.1, 0.15) is 6.33 Å². The van der Waals surface area contributed by atoms with Crippen LogP contribution < -0.4 is 4.74 Å². The van der Waals surface area contributed by atoms with Crippen LogP contribution in [0.25, 0.3) is 10.9 Å². The van der Waals surface area contributed by atoms with Gasteiger partial charge in [-0.25, -0.2) is 9.97 Å². The van der Waals surface area contributed by atoms with E-state index < -0.39 is 0 Å². The molecular weight excluding hydrogens is 188 g/mol. The summed E-state index contributed by atoms with van der Waals surface area (Å²) in [6.45, 7) is 6.68. The first-order valence-corrected chi connectivity index (χ1v) is 5.07. The summed E-state index contributed by atoms with van der Waals surface area (Å²) in [4.78, 5) is 8.46. The van der Waals surface area contributed by atoms with E-state index in [9.17, 15) is 0 Å². The Morgan fingerprint density at radius 2 is 1.87 bits per heavy atom. The summed E-state index contributed by atoms with van der Waals surface area (Å²) in [5.74, 6) is 0.684. The van der Waals surface area contributed by atoms with Crippen LogP contribution in [0.5, 0.6) is 5.88 Å². The third-order valence-corrected chi connectivity index (χ3v) is 2.44. The number of nitrogens with zero attached hydrogens (tertiary/aromatic N) is 2. The molecule has 3 nitrogen and oxygen atoms in total. The average molecular weight is 202 g/mol. The minimum Gasteiger partial charge on any atom is -0.477 e. The van der Waals surface area contributed by atoms with Crippen LogP contribution in [0.2, 0.25) is 0 Å². The van der Waals surface area contributed by atoms with Crippen molar-refractivity contribution >= 4 is 10.9 Å². The molecule has 0 atom stereocenters. The molecule has 0 radical (unpaired) electrons. The molecule has 2 aromatic rings. The quantitative estimate of drug-likeness (QED) is 0.751. The first-order chi connectivity index (χ1) is 7.24. The monoisotopic (exact) mass is 202 g/mol. The Morgan fingerprint density at radius 3 is 2.60 bits per heavy atom. The Balaban J connectivity index is 2.78. The Hall–Kier alpha value is -1.64. The summed E-state index contributed by atoms with van der Waals surface area (Å²) >= 11 is 0. The fraction of sp³-hybridized carbons (Fsp3) is 0.333. The maximum Gasteiger partial charge on any atom is 0.224 e. The molecule has 0 bridgehead atoms. The van der Waals surface area contributed by atoms with Crippen LogP contribution in [-0.2, 0) is 0 Å². The van der Waals surface area contributed by atoms with E-state index in [1.54, 1.807) is 6.33 Å². The molecule has 0 aliphatic heterocycles. The topological polar surface area (TPSA) is 35.0 Å². The van der Waals surface area contributed by atoms with E-state index >= 15 is 0 Å². The van der Waals surface area contributed by atoms with Gasteiger partial charge in [-0.15, -0.1) is 0 Å². The summed E-state index contributed by atoms with van der Waals surface area (Å²) in [5, 5.41) is 1.03. The van der Waals surface area contributed by atoms with E-state index in [1.165, 1.54) is 0 Å². The van der Waals surface area contributed by atoms with Crippen molar-refractivity contribution in [3.63, 3.8) is 0 Å². The van der Waals surface area contributed by atoms with E-state index in [2.05, 4.69) is 22.1 Å². The highest BCUT2D eigenvalue weighted by molar-refractivity contribution is 5.88. The van der Waals surface area contributed by atoms with Gasteiger partial charge in [-0.05, 0) is 31.9 Å². The van der Waals surface area contributed by atoms with Crippen LogP contribution in [0.15, 0.2) is 18.5 Å². The molecule has 0 spiro atoms. The van der Waals surface area contributed by atoms with Crippen LogP contribution >= 0.6 is 0 Å². The zero-order valence-electron chi connectivity index (χ0n) is 9.24. The molecule has 0 amide bonds. The zero-order valence-corrected chi connectivity index (χ0v) is 9.24. The van der Waals surface area contributed by atoms with Crippen molar-refractivity contribution in [2.24, 2.45) is 0 Å². The van der Waals surface area contributed by atoms with E-state index in [4.69, 9.17) is 4.74 Å². The molecule has 3 heteroatoms. The van der Waals surface area contributed by atoms with Crippen molar-refractivity contribution in [1.29, 1.82) is 0 Å². The van der Waals surface area contributed by atoms with Gasteiger partial charge in [0, 0.05) is 0 Å². The van der Waals surface area contributed by atoms with Crippen molar-refractivity contribution in [3.8, 4) is 5.88 Å². The first kappa shape index (κ1) is 9.90. The van der Waals surface area contributed by atoms with Gasteiger partial charge < -0.3 is 4.74 Å². The van der Waals surface area contributed by atoms with Crippen LogP contribution in [0.1, 0.15) is 18.1 Å². The van der Waals surface area contributed by atoms with Crippen LogP contribution in [0.4, 0.5) is 0 Å². The Bertz CT molecular complexity index is 494. The number of fused-ring (bicyclic) bond motifs is 1. The minimum atomic E-state index is 0.624. The molecule has 0 saturated heterocycles. The Labute approximate surface area is 89.1 Å². The van der Waals surface area contributed by atoms with Crippen molar-refractivity contribution < 1.29 is 4.74 Å². The van der Waals surface area contributed by atoms with E-state index in [1.807, 2.05) is 20.8 Å². The second-order valence-corrected chi connectivity index (χ2v) is 3.53. The summed E-state index contributed by atoms with van der Waals surface area (Å²) < 4.78 is 5.50. The van der Waals surface area contributed by atoms with E-state index in [0.717, 1.165) is 22.0 Å². The van der Waals surface area contributed by atoms with Crippen LogP contribution in [0.3, 0.4) is 0 Å².